The number of carbonyl (C=O) groups is 1. The van der Waals surface area contributed by atoms with Crippen LogP contribution in [0.1, 0.15) is 10.5 Å². The standard InChI is InChI=1S/C4H3N3O3.C2H6O/c8-2-3-1-4(6-5-3)7(9)10;1-3-2/h1-2H,(H,5,6);1-2H3. The van der Waals surface area contributed by atoms with E-state index < -0.39 is 4.92 Å². The number of hydrogen-bond donors (Lipinski definition) is 1. The molecule has 0 atom stereocenters. The molecule has 1 N–H and O–H groups in total. The van der Waals surface area contributed by atoms with Crippen LogP contribution in [0, 0.1) is 10.1 Å². The average molecular weight is 187 g/mol. The Hall–Kier alpha value is -1.76. The van der Waals surface area contributed by atoms with Gasteiger partial charge in [-0.05, 0) is 4.92 Å². The fourth-order valence-electron chi connectivity index (χ4n) is 0.480. The van der Waals surface area contributed by atoms with Crippen LogP contribution in [-0.2, 0) is 4.74 Å². The number of nitrogens with one attached hydrogen (secondary N) is 1. The summed E-state index contributed by atoms with van der Waals surface area (Å²) in [6.07, 6.45) is 0.434. The van der Waals surface area contributed by atoms with Crippen molar-refractivity contribution in [2.75, 3.05) is 14.2 Å². The van der Waals surface area contributed by atoms with Crippen LogP contribution in [0.25, 0.3) is 0 Å². The van der Waals surface area contributed by atoms with Crippen LogP contribution >= 0.6 is 0 Å². The molecule has 72 valence electrons. The molecule has 0 bridgehead atoms. The van der Waals surface area contributed by atoms with Gasteiger partial charge in [-0.15, -0.1) is 5.10 Å². The summed E-state index contributed by atoms with van der Waals surface area (Å²) in [7, 11) is 3.25. The number of nitrogens with zero attached hydrogens (tertiary/aromatic N) is 2. The maximum Gasteiger partial charge on any atom is 0.343 e. The molecule has 0 aliphatic rings. The molecule has 0 amide bonds. The van der Waals surface area contributed by atoms with Crippen molar-refractivity contribution in [3.63, 3.8) is 0 Å². The Morgan fingerprint density at radius 3 is 2.46 bits per heavy atom. The molecule has 7 heteroatoms. The van der Waals surface area contributed by atoms with Gasteiger partial charge >= 0.3 is 5.82 Å². The monoisotopic (exact) mass is 187 g/mol. The normalized spacial score (nSPS) is 8.46. The van der Waals surface area contributed by atoms with Gasteiger partial charge in [-0.25, -0.2) is 0 Å². The summed E-state index contributed by atoms with van der Waals surface area (Å²) in [5.74, 6) is -0.276. The number of aromatic nitrogens is 2. The summed E-state index contributed by atoms with van der Waals surface area (Å²) in [5.41, 5.74) is 0.0340. The third kappa shape index (κ3) is 3.97. The highest BCUT2D eigenvalue weighted by molar-refractivity contribution is 5.72. The van der Waals surface area contributed by atoms with E-state index in [0.29, 0.717) is 6.29 Å². The first-order chi connectivity index (χ1) is 6.15. The minimum atomic E-state index is -0.653. The highest BCUT2D eigenvalue weighted by atomic mass is 16.6. The lowest BCUT2D eigenvalue weighted by Crippen LogP contribution is -1.86. The van der Waals surface area contributed by atoms with Crippen LogP contribution < -0.4 is 0 Å². The second-order valence-electron chi connectivity index (χ2n) is 1.96. The lowest BCUT2D eigenvalue weighted by molar-refractivity contribution is -0.389. The predicted molar refractivity (Wildman–Crippen MR) is 43.6 cm³/mol. The number of nitro groups is 1. The van der Waals surface area contributed by atoms with Gasteiger partial charge in [0.25, 0.3) is 0 Å². The molecule has 1 heterocycles. The minimum absolute atomic E-state index is 0.0340. The van der Waals surface area contributed by atoms with E-state index in [0.717, 1.165) is 6.07 Å². The van der Waals surface area contributed by atoms with E-state index >= 15 is 0 Å². The van der Waals surface area contributed by atoms with E-state index in [2.05, 4.69) is 14.9 Å². The Morgan fingerprint density at radius 1 is 1.69 bits per heavy atom. The smallest absolute Gasteiger partial charge is 0.343 e. The molecule has 7 nitrogen and oxygen atoms in total. The summed E-state index contributed by atoms with van der Waals surface area (Å²) >= 11 is 0. The molecule has 1 aromatic rings. The lowest BCUT2D eigenvalue weighted by Gasteiger charge is -1.83. The van der Waals surface area contributed by atoms with Gasteiger partial charge < -0.3 is 14.9 Å². The van der Waals surface area contributed by atoms with Crippen LogP contribution in [0.3, 0.4) is 0 Å². The minimum Gasteiger partial charge on any atom is -0.388 e. The Labute approximate surface area is 73.9 Å². The average Bonchev–Trinajstić information content (AvgIpc) is 2.53. The zero-order valence-electron chi connectivity index (χ0n) is 7.18. The highest BCUT2D eigenvalue weighted by Crippen LogP contribution is 2.04. The SMILES string of the molecule is COC.O=Cc1cc([N+](=O)[O-])[nH]n1. The molecule has 0 fully saturated rings. The second kappa shape index (κ2) is 5.84. The Balaban J connectivity index is 0.000000424. The van der Waals surface area contributed by atoms with E-state index in [-0.39, 0.29) is 11.5 Å². The number of carbonyl (C=O) groups excluding carboxylic acids is 1. The van der Waals surface area contributed by atoms with Crippen molar-refractivity contribution in [2.45, 2.75) is 0 Å². The summed E-state index contributed by atoms with van der Waals surface area (Å²) in [4.78, 5) is 19.2. The first kappa shape index (κ1) is 11.2. The zero-order chi connectivity index (χ0) is 10.3. The van der Waals surface area contributed by atoms with Crippen LogP contribution in [0.2, 0.25) is 0 Å². The van der Waals surface area contributed by atoms with Crippen molar-refractivity contribution in [1.29, 1.82) is 0 Å². The Kier molecular flexibility index (Phi) is 5.05. The number of H-pyrrole nitrogens is 1. The molecule has 0 saturated carbocycles. The topological polar surface area (TPSA) is 98.1 Å². The second-order valence-corrected chi connectivity index (χ2v) is 1.96. The predicted octanol–water partition coefficient (Wildman–Crippen LogP) is 0.393. The molecule has 0 unspecified atom stereocenters. The molecule has 0 aliphatic carbocycles. The number of ether oxygens (including phenoxy) is 1. The molecular weight excluding hydrogens is 178 g/mol. The van der Waals surface area contributed by atoms with E-state index in [4.69, 9.17) is 0 Å². The van der Waals surface area contributed by atoms with Crippen molar-refractivity contribution in [2.24, 2.45) is 0 Å². The van der Waals surface area contributed by atoms with Crippen molar-refractivity contribution < 1.29 is 14.5 Å². The largest absolute Gasteiger partial charge is 0.388 e. The molecule has 0 saturated heterocycles. The first-order valence-corrected chi connectivity index (χ1v) is 3.20. The number of methoxy groups -OCH3 is 1. The van der Waals surface area contributed by atoms with Crippen molar-refractivity contribution in [1.82, 2.24) is 10.2 Å². The van der Waals surface area contributed by atoms with Gasteiger partial charge in [0.05, 0.1) is 6.07 Å². The van der Waals surface area contributed by atoms with Crippen LogP contribution in [0.5, 0.6) is 0 Å². The molecule has 0 aliphatic heterocycles. The molecule has 1 rings (SSSR count). The van der Waals surface area contributed by atoms with Gasteiger partial charge in [0.1, 0.15) is 0 Å². The number of hydrogen-bond acceptors (Lipinski definition) is 5. The summed E-state index contributed by atoms with van der Waals surface area (Å²) in [5, 5.41) is 15.3. The molecule has 0 radical (unpaired) electrons. The summed E-state index contributed by atoms with van der Waals surface area (Å²) < 4.78 is 4.25. The maximum absolute atomic E-state index is 9.95. The third-order valence-electron chi connectivity index (χ3n) is 0.902. The summed E-state index contributed by atoms with van der Waals surface area (Å²) in [6.45, 7) is 0. The fourth-order valence-corrected chi connectivity index (χ4v) is 0.480. The highest BCUT2D eigenvalue weighted by Gasteiger charge is 2.07. The Bertz CT molecular complexity index is 283. The van der Waals surface area contributed by atoms with Crippen molar-refractivity contribution >= 4 is 12.1 Å². The zero-order valence-corrected chi connectivity index (χ0v) is 7.18. The molecule has 0 aromatic carbocycles. The fraction of sp³-hybridized carbons (Fsp3) is 0.333. The van der Waals surface area contributed by atoms with E-state index in [1.807, 2.05) is 0 Å². The quantitative estimate of drug-likeness (QED) is 0.410. The molecule has 13 heavy (non-hydrogen) atoms. The number of aldehydes is 1. The third-order valence-corrected chi connectivity index (χ3v) is 0.902. The van der Waals surface area contributed by atoms with Crippen molar-refractivity contribution in [3.8, 4) is 0 Å². The van der Waals surface area contributed by atoms with E-state index in [1.54, 1.807) is 14.2 Å². The van der Waals surface area contributed by atoms with Gasteiger partial charge in [0, 0.05) is 14.2 Å². The van der Waals surface area contributed by atoms with E-state index in [1.165, 1.54) is 0 Å². The number of rotatable bonds is 2. The number of aromatic amines is 1. The van der Waals surface area contributed by atoms with Crippen LogP contribution in [0.4, 0.5) is 5.82 Å². The van der Waals surface area contributed by atoms with Gasteiger partial charge in [-0.3, -0.25) is 4.79 Å². The van der Waals surface area contributed by atoms with Gasteiger partial charge in [-0.2, -0.15) is 0 Å². The van der Waals surface area contributed by atoms with Crippen LogP contribution in [0.15, 0.2) is 6.07 Å². The first-order valence-electron chi connectivity index (χ1n) is 3.20. The maximum atomic E-state index is 9.95. The van der Waals surface area contributed by atoms with Gasteiger partial charge in [-0.1, -0.05) is 5.10 Å². The summed E-state index contributed by atoms with van der Waals surface area (Å²) in [6, 6.07) is 1.06. The molecular formula is C6H9N3O4. The Morgan fingerprint density at radius 2 is 2.23 bits per heavy atom. The van der Waals surface area contributed by atoms with Crippen LogP contribution in [-0.4, -0.2) is 35.6 Å². The lowest BCUT2D eigenvalue weighted by atomic mass is 10.5. The van der Waals surface area contributed by atoms with Crippen molar-refractivity contribution in [3.05, 3.63) is 21.9 Å². The molecule has 1 aromatic heterocycles. The van der Waals surface area contributed by atoms with Gasteiger partial charge in [0.2, 0.25) is 0 Å². The van der Waals surface area contributed by atoms with Gasteiger partial charge in [0.15, 0.2) is 12.0 Å². The van der Waals surface area contributed by atoms with E-state index in [9.17, 15) is 14.9 Å². The molecule has 0 spiro atoms.